The molecule has 0 aliphatic heterocycles. The first-order chi connectivity index (χ1) is 8.56. The molecule has 92 valence electrons. The number of anilines is 1. The zero-order chi connectivity index (χ0) is 13.1. The number of pyridine rings is 1. The van der Waals surface area contributed by atoms with Crippen LogP contribution in [0.1, 0.15) is 15.9 Å². The Labute approximate surface area is 122 Å². The van der Waals surface area contributed by atoms with Gasteiger partial charge in [-0.2, -0.15) is 0 Å². The normalized spacial score (nSPS) is 10.2. The number of aromatic nitrogens is 1. The largest absolute Gasteiger partial charge is 0.306 e. The summed E-state index contributed by atoms with van der Waals surface area (Å²) in [6.45, 7) is 1.94. The Morgan fingerprint density at radius 2 is 2.06 bits per heavy atom. The lowest BCUT2D eigenvalue weighted by molar-refractivity contribution is 0.102. The van der Waals surface area contributed by atoms with E-state index in [9.17, 15) is 4.79 Å². The molecular weight excluding hydrogens is 360 g/mol. The van der Waals surface area contributed by atoms with E-state index in [0.29, 0.717) is 11.4 Å². The lowest BCUT2D eigenvalue weighted by Crippen LogP contribution is -2.13. The van der Waals surface area contributed by atoms with Crippen LogP contribution in [-0.4, -0.2) is 10.9 Å². The topological polar surface area (TPSA) is 42.0 Å². The summed E-state index contributed by atoms with van der Waals surface area (Å²) < 4.78 is 1.64. The summed E-state index contributed by atoms with van der Waals surface area (Å²) in [6.07, 6.45) is 1.63. The van der Waals surface area contributed by atoms with Gasteiger partial charge in [0.15, 0.2) is 0 Å². The number of benzene rings is 1. The maximum Gasteiger partial charge on any atom is 0.256 e. The van der Waals surface area contributed by atoms with Crippen molar-refractivity contribution >= 4 is 43.6 Å². The molecule has 1 aromatic heterocycles. The molecule has 0 aliphatic carbocycles. The van der Waals surface area contributed by atoms with E-state index in [1.165, 1.54) is 0 Å². The lowest BCUT2D eigenvalue weighted by atomic mass is 10.1. The lowest BCUT2D eigenvalue weighted by Gasteiger charge is -2.07. The Morgan fingerprint density at radius 1 is 1.28 bits per heavy atom. The Bertz CT molecular complexity index is 579. The fraction of sp³-hybridized carbons (Fsp3) is 0.0769. The van der Waals surface area contributed by atoms with Crippen molar-refractivity contribution in [3.05, 3.63) is 56.6 Å². The second-order valence-electron chi connectivity index (χ2n) is 3.81. The van der Waals surface area contributed by atoms with Crippen LogP contribution in [0.15, 0.2) is 45.5 Å². The van der Waals surface area contributed by atoms with Gasteiger partial charge in [0.05, 0.1) is 4.47 Å². The van der Waals surface area contributed by atoms with E-state index in [0.717, 1.165) is 14.5 Å². The monoisotopic (exact) mass is 368 g/mol. The van der Waals surface area contributed by atoms with Gasteiger partial charge in [-0.05, 0) is 58.7 Å². The molecule has 0 bridgehead atoms. The number of nitrogens with one attached hydrogen (secondary N) is 1. The van der Waals surface area contributed by atoms with Crippen LogP contribution in [0.5, 0.6) is 0 Å². The maximum absolute atomic E-state index is 12.1. The van der Waals surface area contributed by atoms with Crippen LogP contribution in [0, 0.1) is 6.92 Å². The highest BCUT2D eigenvalue weighted by Crippen LogP contribution is 2.20. The predicted molar refractivity (Wildman–Crippen MR) is 78.8 cm³/mol. The zero-order valence-corrected chi connectivity index (χ0v) is 12.7. The van der Waals surface area contributed by atoms with Gasteiger partial charge in [-0.25, -0.2) is 4.98 Å². The molecule has 2 rings (SSSR count). The van der Waals surface area contributed by atoms with Crippen molar-refractivity contribution < 1.29 is 4.79 Å². The van der Waals surface area contributed by atoms with Crippen molar-refractivity contribution in [2.75, 3.05) is 5.32 Å². The Kier molecular flexibility index (Phi) is 4.14. The smallest absolute Gasteiger partial charge is 0.256 e. The average molecular weight is 370 g/mol. The fourth-order valence-electron chi connectivity index (χ4n) is 1.52. The minimum atomic E-state index is -0.182. The number of aryl methyl sites for hydroxylation is 1. The molecule has 2 aromatic rings. The second-order valence-corrected chi connectivity index (χ2v) is 5.58. The third-order valence-electron chi connectivity index (χ3n) is 2.29. The quantitative estimate of drug-likeness (QED) is 0.863. The van der Waals surface area contributed by atoms with Crippen LogP contribution in [0.4, 0.5) is 5.82 Å². The molecule has 0 aliphatic rings. The number of halogens is 2. The highest BCUT2D eigenvalue weighted by molar-refractivity contribution is 9.10. The molecule has 0 atom stereocenters. The minimum absolute atomic E-state index is 0.182. The number of carbonyl (C=O) groups excluding carboxylic acids is 1. The molecule has 18 heavy (non-hydrogen) atoms. The first-order valence-corrected chi connectivity index (χ1v) is 6.84. The van der Waals surface area contributed by atoms with E-state index >= 15 is 0 Å². The Balaban J connectivity index is 2.25. The number of hydrogen-bond acceptors (Lipinski definition) is 2. The maximum atomic E-state index is 12.1. The molecule has 0 unspecified atom stereocenters. The predicted octanol–water partition coefficient (Wildman–Crippen LogP) is 4.17. The van der Waals surface area contributed by atoms with Gasteiger partial charge in [0.25, 0.3) is 5.91 Å². The van der Waals surface area contributed by atoms with E-state index in [1.54, 1.807) is 18.3 Å². The molecule has 0 spiro atoms. The molecule has 0 saturated carbocycles. The van der Waals surface area contributed by atoms with Gasteiger partial charge in [-0.15, -0.1) is 0 Å². The van der Waals surface area contributed by atoms with Crippen LogP contribution < -0.4 is 5.32 Å². The molecule has 1 aromatic carbocycles. The van der Waals surface area contributed by atoms with Crippen molar-refractivity contribution in [3.8, 4) is 0 Å². The van der Waals surface area contributed by atoms with Crippen LogP contribution in [-0.2, 0) is 0 Å². The molecule has 5 heteroatoms. The van der Waals surface area contributed by atoms with Crippen LogP contribution in [0.3, 0.4) is 0 Å². The number of hydrogen-bond donors (Lipinski definition) is 1. The first-order valence-electron chi connectivity index (χ1n) is 5.25. The Morgan fingerprint density at radius 3 is 2.72 bits per heavy atom. The standard InChI is InChI=1S/C13H10Br2N2O/c1-8-5-9(7-10(14)6-8)13(18)17-12-11(15)3-2-4-16-12/h2-7H,1H3,(H,16,17,18). The summed E-state index contributed by atoms with van der Waals surface area (Å²) in [5.41, 5.74) is 1.62. The summed E-state index contributed by atoms with van der Waals surface area (Å²) in [4.78, 5) is 16.2. The molecule has 0 fully saturated rings. The van der Waals surface area contributed by atoms with Crippen molar-refractivity contribution in [1.29, 1.82) is 0 Å². The van der Waals surface area contributed by atoms with Crippen LogP contribution in [0.2, 0.25) is 0 Å². The molecule has 1 amide bonds. The highest BCUT2D eigenvalue weighted by Gasteiger charge is 2.09. The first kappa shape index (κ1) is 13.2. The highest BCUT2D eigenvalue weighted by atomic mass is 79.9. The average Bonchev–Trinajstić information content (AvgIpc) is 2.31. The van der Waals surface area contributed by atoms with Gasteiger partial charge < -0.3 is 5.32 Å². The number of carbonyl (C=O) groups is 1. The van der Waals surface area contributed by atoms with Crippen LogP contribution >= 0.6 is 31.9 Å². The van der Waals surface area contributed by atoms with Crippen molar-refractivity contribution in [2.45, 2.75) is 6.92 Å². The molecule has 0 radical (unpaired) electrons. The van der Waals surface area contributed by atoms with Gasteiger partial charge in [-0.3, -0.25) is 4.79 Å². The van der Waals surface area contributed by atoms with Crippen molar-refractivity contribution in [2.24, 2.45) is 0 Å². The summed E-state index contributed by atoms with van der Waals surface area (Å²) in [5, 5.41) is 2.76. The van der Waals surface area contributed by atoms with Crippen molar-refractivity contribution in [1.82, 2.24) is 4.98 Å². The van der Waals surface area contributed by atoms with Gasteiger partial charge in [0.1, 0.15) is 5.82 Å². The number of amides is 1. The van der Waals surface area contributed by atoms with E-state index in [-0.39, 0.29) is 5.91 Å². The summed E-state index contributed by atoms with van der Waals surface area (Å²) in [5.74, 6) is 0.332. The summed E-state index contributed by atoms with van der Waals surface area (Å²) in [7, 11) is 0. The van der Waals surface area contributed by atoms with E-state index in [4.69, 9.17) is 0 Å². The molecule has 3 nitrogen and oxygen atoms in total. The van der Waals surface area contributed by atoms with E-state index in [2.05, 4.69) is 42.2 Å². The van der Waals surface area contributed by atoms with Gasteiger partial charge in [-0.1, -0.05) is 15.9 Å². The minimum Gasteiger partial charge on any atom is -0.306 e. The zero-order valence-electron chi connectivity index (χ0n) is 9.58. The summed E-state index contributed by atoms with van der Waals surface area (Å²) >= 11 is 6.72. The summed E-state index contributed by atoms with van der Waals surface area (Å²) in [6, 6.07) is 9.18. The van der Waals surface area contributed by atoms with Gasteiger partial charge >= 0.3 is 0 Å². The second kappa shape index (κ2) is 5.63. The Hall–Kier alpha value is -1.20. The van der Waals surface area contributed by atoms with Crippen molar-refractivity contribution in [3.63, 3.8) is 0 Å². The number of rotatable bonds is 2. The number of nitrogens with zero attached hydrogens (tertiary/aromatic N) is 1. The molecule has 0 saturated heterocycles. The molecular formula is C13H10Br2N2O. The van der Waals surface area contributed by atoms with E-state index < -0.39 is 0 Å². The fourth-order valence-corrected chi connectivity index (χ4v) is 2.49. The SMILES string of the molecule is Cc1cc(Br)cc(C(=O)Nc2ncccc2Br)c1. The third kappa shape index (κ3) is 3.17. The van der Waals surface area contributed by atoms with Gasteiger partial charge in [0.2, 0.25) is 0 Å². The van der Waals surface area contributed by atoms with Gasteiger partial charge in [0, 0.05) is 16.2 Å². The molecule has 1 heterocycles. The third-order valence-corrected chi connectivity index (χ3v) is 3.39. The van der Waals surface area contributed by atoms with Crippen LogP contribution in [0.25, 0.3) is 0 Å². The molecule has 1 N–H and O–H groups in total. The van der Waals surface area contributed by atoms with E-state index in [1.807, 2.05) is 25.1 Å².